The van der Waals surface area contributed by atoms with E-state index in [0.717, 1.165) is 0 Å². The molecule has 1 fully saturated rings. The largest absolute Gasteiger partial charge is 0.481 e. The molecule has 1 N–H and O–H groups in total. The minimum absolute atomic E-state index is 0.0751. The van der Waals surface area contributed by atoms with Gasteiger partial charge in [0.25, 0.3) is 5.91 Å². The number of nitrogens with zero attached hydrogens (tertiary/aromatic N) is 2. The Hall–Kier alpha value is -1.97. The van der Waals surface area contributed by atoms with E-state index < -0.39 is 16.0 Å². The van der Waals surface area contributed by atoms with E-state index >= 15 is 0 Å². The number of amides is 1. The second-order valence-electron chi connectivity index (χ2n) is 6.22. The molecule has 1 aromatic rings. The molecule has 1 heterocycles. The molecule has 0 unspecified atom stereocenters. The number of ether oxygens (including phenoxy) is 1. The summed E-state index contributed by atoms with van der Waals surface area (Å²) in [6.07, 6.45) is 0.357. The average Bonchev–Trinajstić information content (AvgIpc) is 2.68. The maximum absolute atomic E-state index is 13.1. The first-order valence-corrected chi connectivity index (χ1v) is 10.5. The summed E-state index contributed by atoms with van der Waals surface area (Å²) < 4.78 is 32.7. The van der Waals surface area contributed by atoms with Crippen LogP contribution < -0.4 is 0 Å². The lowest BCUT2D eigenvalue weighted by atomic mass is 10.1. The fourth-order valence-corrected chi connectivity index (χ4v) is 4.69. The number of aliphatic carboxylic acids is 1. The van der Waals surface area contributed by atoms with Crippen molar-refractivity contribution in [1.82, 2.24) is 9.21 Å². The van der Waals surface area contributed by atoms with Gasteiger partial charge in [-0.05, 0) is 31.0 Å². The highest BCUT2D eigenvalue weighted by atomic mass is 32.2. The van der Waals surface area contributed by atoms with Gasteiger partial charge in [-0.15, -0.1) is 0 Å². The van der Waals surface area contributed by atoms with Gasteiger partial charge in [0, 0.05) is 31.7 Å². The van der Waals surface area contributed by atoms with Crippen molar-refractivity contribution in [2.24, 2.45) is 0 Å². The quantitative estimate of drug-likeness (QED) is 0.706. The van der Waals surface area contributed by atoms with Gasteiger partial charge in [-0.1, -0.05) is 13.0 Å². The summed E-state index contributed by atoms with van der Waals surface area (Å²) in [6, 6.07) is 4.67. The zero-order valence-corrected chi connectivity index (χ0v) is 16.5. The van der Waals surface area contributed by atoms with Gasteiger partial charge in [-0.2, -0.15) is 4.31 Å². The molecule has 0 atom stereocenters. The van der Waals surface area contributed by atoms with E-state index in [0.29, 0.717) is 31.7 Å². The van der Waals surface area contributed by atoms with Gasteiger partial charge in [-0.25, -0.2) is 8.42 Å². The third-order valence-electron chi connectivity index (χ3n) is 4.55. The molecule has 8 nitrogen and oxygen atoms in total. The topological polar surface area (TPSA) is 104 Å². The van der Waals surface area contributed by atoms with Crippen LogP contribution in [0.1, 0.15) is 36.2 Å². The molecule has 1 aliphatic rings. The molecule has 9 heteroatoms. The molecule has 1 aliphatic heterocycles. The highest BCUT2D eigenvalue weighted by molar-refractivity contribution is 7.89. The van der Waals surface area contributed by atoms with E-state index in [1.165, 1.54) is 15.3 Å². The van der Waals surface area contributed by atoms with Crippen LogP contribution in [0.4, 0.5) is 0 Å². The first kappa shape index (κ1) is 21.3. The third kappa shape index (κ3) is 5.06. The number of carboxylic acid groups (broad SMARTS) is 1. The molecule has 1 aromatic carbocycles. The van der Waals surface area contributed by atoms with Crippen LogP contribution in [0, 0.1) is 0 Å². The van der Waals surface area contributed by atoms with E-state index in [-0.39, 0.29) is 42.4 Å². The van der Waals surface area contributed by atoms with Crippen LogP contribution in [0.5, 0.6) is 0 Å². The molecular weight excluding hydrogens is 372 g/mol. The van der Waals surface area contributed by atoms with Crippen molar-refractivity contribution in [2.75, 3.05) is 39.4 Å². The standard InChI is InChI=1S/C18H26N2O6S/c1-3-14-5-6-15(18(23)19(4-2)8-7-17(21)22)13-16(14)27(24,25)20-9-11-26-12-10-20/h5-6,13H,3-4,7-12H2,1-2H3,(H,21,22). The van der Waals surface area contributed by atoms with Crippen LogP contribution >= 0.6 is 0 Å². The zero-order valence-electron chi connectivity index (χ0n) is 15.7. The Morgan fingerprint density at radius 3 is 2.44 bits per heavy atom. The molecule has 2 rings (SSSR count). The highest BCUT2D eigenvalue weighted by Crippen LogP contribution is 2.24. The van der Waals surface area contributed by atoms with Gasteiger partial charge >= 0.3 is 5.97 Å². The SMILES string of the molecule is CCc1ccc(C(=O)N(CC)CCC(=O)O)cc1S(=O)(=O)N1CCOCC1. The smallest absolute Gasteiger partial charge is 0.305 e. The van der Waals surface area contributed by atoms with Crippen LogP contribution in [0.3, 0.4) is 0 Å². The Balaban J connectivity index is 2.36. The van der Waals surface area contributed by atoms with Crippen LogP contribution in [-0.2, 0) is 26.0 Å². The summed E-state index contributed by atoms with van der Waals surface area (Å²) in [5.41, 5.74) is 0.887. The molecule has 0 aromatic heterocycles. The molecule has 1 saturated heterocycles. The maximum Gasteiger partial charge on any atom is 0.305 e. The van der Waals surface area contributed by atoms with Crippen molar-refractivity contribution < 1.29 is 27.9 Å². The number of aryl methyl sites for hydroxylation is 1. The van der Waals surface area contributed by atoms with Gasteiger partial charge in [0.05, 0.1) is 24.5 Å². The first-order chi connectivity index (χ1) is 12.8. The summed E-state index contributed by atoms with van der Waals surface area (Å²) in [5, 5.41) is 8.84. The van der Waals surface area contributed by atoms with Crippen molar-refractivity contribution in [1.29, 1.82) is 0 Å². The summed E-state index contributed by atoms with van der Waals surface area (Å²) in [4.78, 5) is 25.1. The van der Waals surface area contributed by atoms with E-state index in [1.807, 2.05) is 6.92 Å². The number of carboxylic acids is 1. The fourth-order valence-electron chi connectivity index (χ4n) is 2.96. The zero-order chi connectivity index (χ0) is 20.0. The van der Waals surface area contributed by atoms with Gasteiger partial charge in [-0.3, -0.25) is 9.59 Å². The summed E-state index contributed by atoms with van der Waals surface area (Å²) in [5.74, 6) is -1.36. The molecule has 150 valence electrons. The minimum atomic E-state index is -3.73. The molecule has 27 heavy (non-hydrogen) atoms. The normalized spacial score (nSPS) is 15.5. The second-order valence-corrected chi connectivity index (χ2v) is 8.13. The van der Waals surface area contributed by atoms with E-state index in [1.54, 1.807) is 19.1 Å². The third-order valence-corrected chi connectivity index (χ3v) is 6.53. The molecule has 0 saturated carbocycles. The van der Waals surface area contributed by atoms with Crippen molar-refractivity contribution in [3.63, 3.8) is 0 Å². The van der Waals surface area contributed by atoms with Gasteiger partial charge < -0.3 is 14.7 Å². The number of carbonyl (C=O) groups excluding carboxylic acids is 1. The van der Waals surface area contributed by atoms with Crippen molar-refractivity contribution >= 4 is 21.9 Å². The Morgan fingerprint density at radius 1 is 1.22 bits per heavy atom. The van der Waals surface area contributed by atoms with Gasteiger partial charge in [0.1, 0.15) is 0 Å². The minimum Gasteiger partial charge on any atom is -0.481 e. The number of sulfonamides is 1. The lowest BCUT2D eigenvalue weighted by Gasteiger charge is -2.27. The lowest BCUT2D eigenvalue weighted by Crippen LogP contribution is -2.41. The Kier molecular flexibility index (Phi) is 7.34. The van der Waals surface area contributed by atoms with Gasteiger partial charge in [0.2, 0.25) is 10.0 Å². The number of hydrogen-bond donors (Lipinski definition) is 1. The Bertz CT molecular complexity index is 787. The Morgan fingerprint density at radius 2 is 1.89 bits per heavy atom. The van der Waals surface area contributed by atoms with Crippen molar-refractivity contribution in [3.05, 3.63) is 29.3 Å². The Labute approximate surface area is 159 Å². The maximum atomic E-state index is 13.1. The fraction of sp³-hybridized carbons (Fsp3) is 0.556. The number of benzene rings is 1. The van der Waals surface area contributed by atoms with Crippen LogP contribution in [0.15, 0.2) is 23.1 Å². The molecule has 0 spiro atoms. The predicted octanol–water partition coefficient (Wildman–Crippen LogP) is 1.21. The van der Waals surface area contributed by atoms with Crippen LogP contribution in [0.25, 0.3) is 0 Å². The van der Waals surface area contributed by atoms with Gasteiger partial charge in [0.15, 0.2) is 0 Å². The second kappa shape index (κ2) is 9.29. The van der Waals surface area contributed by atoms with Crippen molar-refractivity contribution in [2.45, 2.75) is 31.6 Å². The molecular formula is C18H26N2O6S. The van der Waals surface area contributed by atoms with Crippen LogP contribution in [-0.4, -0.2) is 74.0 Å². The van der Waals surface area contributed by atoms with E-state index in [9.17, 15) is 18.0 Å². The monoisotopic (exact) mass is 398 g/mol. The van der Waals surface area contributed by atoms with E-state index in [2.05, 4.69) is 0 Å². The van der Waals surface area contributed by atoms with Crippen LogP contribution in [0.2, 0.25) is 0 Å². The number of hydrogen-bond acceptors (Lipinski definition) is 5. The summed E-state index contributed by atoms with van der Waals surface area (Å²) >= 11 is 0. The summed E-state index contributed by atoms with van der Waals surface area (Å²) in [7, 11) is -3.73. The molecule has 0 bridgehead atoms. The highest BCUT2D eigenvalue weighted by Gasteiger charge is 2.29. The number of morpholine rings is 1. The average molecular weight is 398 g/mol. The lowest BCUT2D eigenvalue weighted by molar-refractivity contribution is -0.137. The molecule has 1 amide bonds. The molecule has 0 aliphatic carbocycles. The van der Waals surface area contributed by atoms with E-state index in [4.69, 9.17) is 9.84 Å². The molecule has 0 radical (unpaired) electrons. The predicted molar refractivity (Wildman–Crippen MR) is 99.2 cm³/mol. The van der Waals surface area contributed by atoms with Crippen molar-refractivity contribution in [3.8, 4) is 0 Å². The first-order valence-electron chi connectivity index (χ1n) is 9.03. The summed E-state index contributed by atoms with van der Waals surface area (Å²) in [6.45, 7) is 5.29. The number of carbonyl (C=O) groups is 2. The number of rotatable bonds is 8.